The molecule has 2 aromatic carbocycles. The molecule has 2 amide bonds. The number of hydrogen-bond acceptors (Lipinski definition) is 4. The van der Waals surface area contributed by atoms with Crippen LogP contribution in [0.15, 0.2) is 36.4 Å². The van der Waals surface area contributed by atoms with E-state index < -0.39 is 0 Å². The molecular formula is C21H24N2O4. The number of hydrogen-bond donors (Lipinski definition) is 1. The quantitative estimate of drug-likeness (QED) is 0.824. The van der Waals surface area contributed by atoms with Gasteiger partial charge in [-0.25, -0.2) is 0 Å². The summed E-state index contributed by atoms with van der Waals surface area (Å²) in [6.07, 6.45) is 0.553. The molecule has 0 spiro atoms. The van der Waals surface area contributed by atoms with Crippen molar-refractivity contribution in [3.8, 4) is 11.5 Å². The minimum Gasteiger partial charge on any atom is -0.493 e. The van der Waals surface area contributed by atoms with Crippen LogP contribution in [-0.2, 0) is 22.6 Å². The highest BCUT2D eigenvalue weighted by atomic mass is 16.5. The van der Waals surface area contributed by atoms with Crippen molar-refractivity contribution in [3.63, 3.8) is 0 Å². The zero-order valence-corrected chi connectivity index (χ0v) is 15.9. The number of carbonyl (C=O) groups is 2. The maximum Gasteiger partial charge on any atom is 0.233 e. The lowest BCUT2D eigenvalue weighted by atomic mass is 9.98. The van der Waals surface area contributed by atoms with Gasteiger partial charge in [0.1, 0.15) is 6.42 Å². The fourth-order valence-corrected chi connectivity index (χ4v) is 3.27. The molecule has 0 aromatic heterocycles. The van der Waals surface area contributed by atoms with Crippen molar-refractivity contribution in [1.82, 2.24) is 4.90 Å². The molecule has 0 saturated carbocycles. The predicted octanol–water partition coefficient (Wildman–Crippen LogP) is 2.93. The summed E-state index contributed by atoms with van der Waals surface area (Å²) in [4.78, 5) is 26.5. The van der Waals surface area contributed by atoms with E-state index in [0.29, 0.717) is 30.3 Å². The number of fused-ring (bicyclic) bond motifs is 1. The normalized spacial score (nSPS) is 12.9. The Morgan fingerprint density at radius 2 is 1.78 bits per heavy atom. The standard InChI is InChI=1S/C21H24N2O4/c1-14-5-4-6-17(9-14)22-20(24)12-21(25)23-8-7-15-10-18(26-2)19(27-3)11-16(15)13-23/h4-6,9-11H,7-8,12-13H2,1-3H3,(H,22,24). The van der Waals surface area contributed by atoms with Crippen molar-refractivity contribution in [3.05, 3.63) is 53.1 Å². The van der Waals surface area contributed by atoms with E-state index in [2.05, 4.69) is 5.32 Å². The average Bonchev–Trinajstić information content (AvgIpc) is 2.66. The highest BCUT2D eigenvalue weighted by Crippen LogP contribution is 2.33. The van der Waals surface area contributed by atoms with Crippen LogP contribution in [0.4, 0.5) is 5.69 Å². The summed E-state index contributed by atoms with van der Waals surface area (Å²) in [7, 11) is 3.20. The number of benzene rings is 2. The van der Waals surface area contributed by atoms with Crippen molar-refractivity contribution in [2.75, 3.05) is 26.1 Å². The molecule has 6 nitrogen and oxygen atoms in total. The highest BCUT2D eigenvalue weighted by molar-refractivity contribution is 6.03. The van der Waals surface area contributed by atoms with E-state index in [1.54, 1.807) is 19.1 Å². The second-order valence-corrected chi connectivity index (χ2v) is 6.64. The number of aryl methyl sites for hydroxylation is 1. The van der Waals surface area contributed by atoms with E-state index >= 15 is 0 Å². The van der Waals surface area contributed by atoms with Gasteiger partial charge in [-0.2, -0.15) is 0 Å². The van der Waals surface area contributed by atoms with Crippen LogP contribution in [0.5, 0.6) is 11.5 Å². The topological polar surface area (TPSA) is 67.9 Å². The van der Waals surface area contributed by atoms with Crippen LogP contribution in [0, 0.1) is 6.92 Å². The van der Waals surface area contributed by atoms with Crippen LogP contribution in [-0.4, -0.2) is 37.5 Å². The number of amides is 2. The number of ether oxygens (including phenoxy) is 2. The molecule has 0 saturated heterocycles. The molecule has 142 valence electrons. The zero-order valence-electron chi connectivity index (χ0n) is 15.9. The van der Waals surface area contributed by atoms with Crippen molar-refractivity contribution in [1.29, 1.82) is 0 Å². The summed E-state index contributed by atoms with van der Waals surface area (Å²) in [5.41, 5.74) is 3.91. The fraction of sp³-hybridized carbons (Fsp3) is 0.333. The van der Waals surface area contributed by atoms with Crippen LogP contribution in [0.25, 0.3) is 0 Å². The SMILES string of the molecule is COc1cc2c(cc1OC)CN(C(=O)CC(=O)Nc1cccc(C)c1)CC2. The largest absolute Gasteiger partial charge is 0.493 e. The van der Waals surface area contributed by atoms with Gasteiger partial charge in [0, 0.05) is 18.8 Å². The molecule has 0 radical (unpaired) electrons. The smallest absolute Gasteiger partial charge is 0.233 e. The third-order valence-electron chi connectivity index (χ3n) is 4.68. The van der Waals surface area contributed by atoms with Crippen LogP contribution in [0.2, 0.25) is 0 Å². The van der Waals surface area contributed by atoms with Crippen molar-refractivity contribution in [2.24, 2.45) is 0 Å². The van der Waals surface area contributed by atoms with Gasteiger partial charge in [0.15, 0.2) is 11.5 Å². The number of carbonyl (C=O) groups excluding carboxylic acids is 2. The van der Waals surface area contributed by atoms with Gasteiger partial charge in [-0.05, 0) is 54.3 Å². The first-order chi connectivity index (χ1) is 13.0. The lowest BCUT2D eigenvalue weighted by Crippen LogP contribution is -2.37. The van der Waals surface area contributed by atoms with Gasteiger partial charge < -0.3 is 19.7 Å². The van der Waals surface area contributed by atoms with Gasteiger partial charge in [0.2, 0.25) is 11.8 Å². The maximum atomic E-state index is 12.6. The molecule has 0 unspecified atom stereocenters. The molecule has 0 bridgehead atoms. The van der Waals surface area contributed by atoms with Gasteiger partial charge in [0.25, 0.3) is 0 Å². The molecule has 1 aliphatic heterocycles. The fourth-order valence-electron chi connectivity index (χ4n) is 3.27. The van der Waals surface area contributed by atoms with Gasteiger partial charge in [-0.1, -0.05) is 12.1 Å². The summed E-state index contributed by atoms with van der Waals surface area (Å²) in [5, 5.41) is 2.78. The van der Waals surface area contributed by atoms with E-state index in [1.165, 1.54) is 0 Å². The monoisotopic (exact) mass is 368 g/mol. The number of nitrogens with one attached hydrogen (secondary N) is 1. The van der Waals surface area contributed by atoms with Crippen molar-refractivity contribution >= 4 is 17.5 Å². The van der Waals surface area contributed by atoms with E-state index in [4.69, 9.17) is 9.47 Å². The van der Waals surface area contributed by atoms with Gasteiger partial charge >= 0.3 is 0 Å². The van der Waals surface area contributed by atoms with Crippen LogP contribution >= 0.6 is 0 Å². The number of nitrogens with zero attached hydrogens (tertiary/aromatic N) is 1. The average molecular weight is 368 g/mol. The molecule has 1 heterocycles. The lowest BCUT2D eigenvalue weighted by molar-refractivity contribution is -0.135. The first-order valence-corrected chi connectivity index (χ1v) is 8.88. The number of rotatable bonds is 5. The Morgan fingerprint density at radius 1 is 1.07 bits per heavy atom. The molecule has 27 heavy (non-hydrogen) atoms. The maximum absolute atomic E-state index is 12.6. The molecule has 0 atom stereocenters. The predicted molar refractivity (Wildman–Crippen MR) is 103 cm³/mol. The summed E-state index contributed by atoms with van der Waals surface area (Å²) in [6.45, 7) is 3.00. The first-order valence-electron chi connectivity index (χ1n) is 8.88. The van der Waals surface area contributed by atoms with E-state index in [0.717, 1.165) is 23.1 Å². The summed E-state index contributed by atoms with van der Waals surface area (Å²) in [5.74, 6) is 0.848. The Morgan fingerprint density at radius 3 is 2.44 bits per heavy atom. The minimum absolute atomic E-state index is 0.170. The Kier molecular flexibility index (Phi) is 5.64. The second kappa shape index (κ2) is 8.12. The summed E-state index contributed by atoms with van der Waals surface area (Å²) >= 11 is 0. The van der Waals surface area contributed by atoms with Crippen LogP contribution < -0.4 is 14.8 Å². The highest BCUT2D eigenvalue weighted by Gasteiger charge is 2.24. The van der Waals surface area contributed by atoms with Gasteiger partial charge in [0.05, 0.1) is 14.2 Å². The molecule has 1 aliphatic rings. The van der Waals surface area contributed by atoms with E-state index in [1.807, 2.05) is 43.3 Å². The van der Waals surface area contributed by atoms with Crippen molar-refractivity contribution < 1.29 is 19.1 Å². The zero-order chi connectivity index (χ0) is 19.4. The minimum atomic E-state index is -0.302. The van der Waals surface area contributed by atoms with Crippen LogP contribution in [0.3, 0.4) is 0 Å². The first kappa shape index (κ1) is 18.8. The second-order valence-electron chi connectivity index (χ2n) is 6.64. The molecule has 1 N–H and O–H groups in total. The van der Waals surface area contributed by atoms with Crippen LogP contribution in [0.1, 0.15) is 23.1 Å². The molecule has 0 fully saturated rings. The molecular weight excluding hydrogens is 344 g/mol. The van der Waals surface area contributed by atoms with E-state index in [-0.39, 0.29) is 18.2 Å². The molecule has 3 rings (SSSR count). The Bertz CT molecular complexity index is 863. The Labute approximate surface area is 159 Å². The Hall–Kier alpha value is -3.02. The third kappa shape index (κ3) is 4.39. The van der Waals surface area contributed by atoms with Crippen molar-refractivity contribution in [2.45, 2.75) is 26.3 Å². The number of anilines is 1. The molecule has 6 heteroatoms. The summed E-state index contributed by atoms with van der Waals surface area (Å²) < 4.78 is 10.7. The number of methoxy groups -OCH3 is 2. The lowest BCUT2D eigenvalue weighted by Gasteiger charge is -2.29. The Balaban J connectivity index is 1.64. The molecule has 0 aliphatic carbocycles. The van der Waals surface area contributed by atoms with Gasteiger partial charge in [-0.3, -0.25) is 9.59 Å². The molecule has 2 aromatic rings. The van der Waals surface area contributed by atoms with E-state index in [9.17, 15) is 9.59 Å². The third-order valence-corrected chi connectivity index (χ3v) is 4.68. The van der Waals surface area contributed by atoms with Gasteiger partial charge in [-0.15, -0.1) is 0 Å². The summed E-state index contributed by atoms with van der Waals surface area (Å²) in [6, 6.07) is 11.4.